The Morgan fingerprint density at radius 1 is 1.69 bits per heavy atom. The molecule has 0 aliphatic rings. The van der Waals surface area contributed by atoms with Crippen molar-refractivity contribution in [2.24, 2.45) is 0 Å². The quantitative estimate of drug-likeness (QED) is 0.696. The van der Waals surface area contributed by atoms with Crippen LogP contribution in [0.25, 0.3) is 0 Å². The number of ether oxygens (including phenoxy) is 1. The summed E-state index contributed by atoms with van der Waals surface area (Å²) in [6.45, 7) is 4.23. The highest BCUT2D eigenvalue weighted by Crippen LogP contribution is 2.12. The first-order valence-corrected chi connectivity index (χ1v) is 5.16. The molecule has 1 rings (SSSR count). The summed E-state index contributed by atoms with van der Waals surface area (Å²) in [6, 6.07) is 0. The number of thiazole rings is 1. The van der Waals surface area contributed by atoms with Gasteiger partial charge in [-0.05, 0) is 6.92 Å². The van der Waals surface area contributed by atoms with Gasteiger partial charge < -0.3 is 4.74 Å². The first kappa shape index (κ1) is 10.2. The lowest BCUT2D eigenvalue weighted by Gasteiger charge is -2.01. The second kappa shape index (κ2) is 4.97. The fourth-order valence-electron chi connectivity index (χ4n) is 0.926. The molecule has 1 heterocycles. The van der Waals surface area contributed by atoms with E-state index in [1.54, 1.807) is 18.3 Å². The van der Waals surface area contributed by atoms with Crippen LogP contribution in [0.5, 0.6) is 0 Å². The zero-order valence-electron chi connectivity index (χ0n) is 7.87. The number of rotatable bonds is 4. The molecule has 0 aliphatic carbocycles. The highest BCUT2D eigenvalue weighted by atomic mass is 32.1. The number of hydrogen-bond acceptors (Lipinski definition) is 4. The number of nitrogens with zero attached hydrogens (tertiary/aromatic N) is 1. The van der Waals surface area contributed by atoms with Crippen LogP contribution in [0.4, 0.5) is 0 Å². The summed E-state index contributed by atoms with van der Waals surface area (Å²) >= 11 is 1.61. The Labute approximate surface area is 81.8 Å². The number of hydrogen-bond donors (Lipinski definition) is 0. The van der Waals surface area contributed by atoms with Crippen LogP contribution >= 0.6 is 11.3 Å². The molecule has 0 aromatic carbocycles. The molecule has 1 aromatic heterocycles. The van der Waals surface area contributed by atoms with E-state index in [9.17, 15) is 4.79 Å². The zero-order valence-corrected chi connectivity index (χ0v) is 8.69. The molecule has 0 amide bonds. The van der Waals surface area contributed by atoms with E-state index in [0.29, 0.717) is 13.0 Å². The number of carbonyl (C=O) groups is 1. The normalized spacial score (nSPS) is 10.0. The molecule has 0 bridgehead atoms. The fraction of sp³-hybridized carbons (Fsp3) is 0.556. The van der Waals surface area contributed by atoms with E-state index in [1.165, 1.54) is 4.88 Å². The van der Waals surface area contributed by atoms with Crippen LogP contribution in [0.3, 0.4) is 0 Å². The molecule has 0 aliphatic heterocycles. The Morgan fingerprint density at radius 3 is 3.00 bits per heavy atom. The first-order valence-electron chi connectivity index (χ1n) is 4.28. The minimum atomic E-state index is -0.137. The van der Waals surface area contributed by atoms with Crippen molar-refractivity contribution < 1.29 is 9.53 Å². The van der Waals surface area contributed by atoms with Gasteiger partial charge in [0.1, 0.15) is 0 Å². The summed E-state index contributed by atoms with van der Waals surface area (Å²) in [4.78, 5) is 16.1. The molecule has 13 heavy (non-hydrogen) atoms. The number of carbonyl (C=O) groups excluding carboxylic acids is 1. The number of aromatic nitrogens is 1. The molecule has 72 valence electrons. The second-order valence-corrected chi connectivity index (χ2v) is 3.62. The molecule has 4 heteroatoms. The fourth-order valence-corrected chi connectivity index (χ4v) is 1.69. The molecule has 3 nitrogen and oxygen atoms in total. The average molecular weight is 199 g/mol. The molecule has 0 saturated heterocycles. The van der Waals surface area contributed by atoms with Gasteiger partial charge in [-0.2, -0.15) is 0 Å². The van der Waals surface area contributed by atoms with Gasteiger partial charge in [0.2, 0.25) is 0 Å². The summed E-state index contributed by atoms with van der Waals surface area (Å²) in [5, 5.41) is 0. The topological polar surface area (TPSA) is 39.2 Å². The lowest BCUT2D eigenvalue weighted by atomic mass is 10.3. The minimum absolute atomic E-state index is 0.137. The largest absolute Gasteiger partial charge is 0.465 e. The van der Waals surface area contributed by atoms with Crippen LogP contribution in [0.15, 0.2) is 5.51 Å². The van der Waals surface area contributed by atoms with Crippen LogP contribution < -0.4 is 0 Å². The van der Waals surface area contributed by atoms with E-state index in [-0.39, 0.29) is 5.97 Å². The first-order chi connectivity index (χ1) is 6.24. The van der Waals surface area contributed by atoms with Gasteiger partial charge >= 0.3 is 5.97 Å². The van der Waals surface area contributed by atoms with Crippen molar-refractivity contribution in [3.05, 3.63) is 16.1 Å². The average Bonchev–Trinajstić information content (AvgIpc) is 2.52. The van der Waals surface area contributed by atoms with E-state index in [1.807, 2.05) is 12.4 Å². The maximum Gasteiger partial charge on any atom is 0.305 e. The van der Waals surface area contributed by atoms with Gasteiger partial charge in [0.25, 0.3) is 0 Å². The van der Waals surface area contributed by atoms with Crippen molar-refractivity contribution in [1.82, 2.24) is 4.98 Å². The summed E-state index contributed by atoms with van der Waals surface area (Å²) in [6.07, 6.45) is 1.23. The highest BCUT2D eigenvalue weighted by Gasteiger charge is 2.02. The second-order valence-electron chi connectivity index (χ2n) is 2.68. The van der Waals surface area contributed by atoms with Gasteiger partial charge in [0.15, 0.2) is 0 Å². The van der Waals surface area contributed by atoms with Crippen LogP contribution in [-0.4, -0.2) is 17.6 Å². The molecular formula is C9H13NO2S. The highest BCUT2D eigenvalue weighted by molar-refractivity contribution is 7.09. The Hall–Kier alpha value is -0.900. The monoisotopic (exact) mass is 199 g/mol. The van der Waals surface area contributed by atoms with Gasteiger partial charge in [-0.15, -0.1) is 11.3 Å². The zero-order chi connectivity index (χ0) is 9.68. The standard InChI is InChI=1S/C9H13NO2S/c1-3-9(11)12-5-4-8-7(2)10-6-13-8/h6H,3-5H2,1-2H3. The van der Waals surface area contributed by atoms with E-state index in [0.717, 1.165) is 12.1 Å². The molecule has 0 fully saturated rings. The van der Waals surface area contributed by atoms with Crippen LogP contribution in [-0.2, 0) is 16.0 Å². The lowest BCUT2D eigenvalue weighted by molar-refractivity contribution is -0.143. The molecule has 0 atom stereocenters. The van der Waals surface area contributed by atoms with E-state index < -0.39 is 0 Å². The van der Waals surface area contributed by atoms with Crippen molar-refractivity contribution in [2.75, 3.05) is 6.61 Å². The van der Waals surface area contributed by atoms with Crippen molar-refractivity contribution in [2.45, 2.75) is 26.7 Å². The predicted molar refractivity (Wildman–Crippen MR) is 51.8 cm³/mol. The van der Waals surface area contributed by atoms with Gasteiger partial charge in [-0.25, -0.2) is 4.98 Å². The summed E-state index contributed by atoms with van der Waals surface area (Å²) < 4.78 is 4.96. The van der Waals surface area contributed by atoms with Crippen molar-refractivity contribution >= 4 is 17.3 Å². The van der Waals surface area contributed by atoms with Gasteiger partial charge in [0.05, 0.1) is 17.8 Å². The lowest BCUT2D eigenvalue weighted by Crippen LogP contribution is -2.05. The van der Waals surface area contributed by atoms with E-state index in [4.69, 9.17) is 4.74 Å². The third kappa shape index (κ3) is 3.14. The third-order valence-corrected chi connectivity index (χ3v) is 2.72. The molecule has 0 N–H and O–H groups in total. The van der Waals surface area contributed by atoms with Gasteiger partial charge in [0, 0.05) is 17.7 Å². The molecule has 0 radical (unpaired) electrons. The summed E-state index contributed by atoms with van der Waals surface area (Å²) in [7, 11) is 0. The number of aryl methyl sites for hydroxylation is 1. The third-order valence-electron chi connectivity index (χ3n) is 1.73. The Bertz CT molecular complexity index is 283. The van der Waals surface area contributed by atoms with Crippen molar-refractivity contribution in [1.29, 1.82) is 0 Å². The van der Waals surface area contributed by atoms with E-state index >= 15 is 0 Å². The Kier molecular flexibility index (Phi) is 3.89. The maximum absolute atomic E-state index is 10.8. The van der Waals surface area contributed by atoms with Crippen LogP contribution in [0.1, 0.15) is 23.9 Å². The van der Waals surface area contributed by atoms with Crippen molar-refractivity contribution in [3.63, 3.8) is 0 Å². The van der Waals surface area contributed by atoms with Crippen molar-refractivity contribution in [3.8, 4) is 0 Å². The molecule has 0 unspecified atom stereocenters. The summed E-state index contributed by atoms with van der Waals surface area (Å²) in [5.74, 6) is -0.137. The molecule has 1 aromatic rings. The van der Waals surface area contributed by atoms with Gasteiger partial charge in [-0.3, -0.25) is 4.79 Å². The minimum Gasteiger partial charge on any atom is -0.465 e. The Morgan fingerprint density at radius 2 is 2.46 bits per heavy atom. The predicted octanol–water partition coefficient (Wildman–Crippen LogP) is 1.95. The van der Waals surface area contributed by atoms with E-state index in [2.05, 4.69) is 4.98 Å². The smallest absolute Gasteiger partial charge is 0.305 e. The maximum atomic E-state index is 10.8. The van der Waals surface area contributed by atoms with Crippen LogP contribution in [0.2, 0.25) is 0 Å². The molecular weight excluding hydrogens is 186 g/mol. The molecule has 0 saturated carbocycles. The van der Waals surface area contributed by atoms with Gasteiger partial charge in [-0.1, -0.05) is 6.92 Å². The number of esters is 1. The summed E-state index contributed by atoms with van der Waals surface area (Å²) in [5.41, 5.74) is 2.85. The van der Waals surface area contributed by atoms with Crippen LogP contribution in [0, 0.1) is 6.92 Å². The molecule has 0 spiro atoms. The Balaban J connectivity index is 2.28. The SMILES string of the molecule is CCC(=O)OCCc1scnc1C.